The first-order valence-corrected chi connectivity index (χ1v) is 26.9. The van der Waals surface area contributed by atoms with Crippen molar-refractivity contribution in [3.63, 3.8) is 0 Å². The van der Waals surface area contributed by atoms with Crippen LogP contribution >= 0.6 is 0 Å². The van der Waals surface area contributed by atoms with Crippen LogP contribution < -0.4 is 9.96 Å². The van der Waals surface area contributed by atoms with Crippen molar-refractivity contribution in [1.82, 2.24) is 9.96 Å². The van der Waals surface area contributed by atoms with E-state index >= 15 is 0 Å². The van der Waals surface area contributed by atoms with E-state index in [0.717, 1.165) is 0 Å². The highest BCUT2D eigenvalue weighted by atomic mass is 30.1. The first kappa shape index (κ1) is 10.3. The molecule has 0 spiro atoms. The lowest BCUT2D eigenvalue weighted by molar-refractivity contribution is 1.10. The molecule has 11 heavy (non-hydrogen) atoms. The molecule has 66 valence electrons. The number of nitrogens with one attached hydrogen (secondary N) is 2. The lowest BCUT2D eigenvalue weighted by Gasteiger charge is -2.35. The molecule has 1 aliphatic heterocycles. The van der Waals surface area contributed by atoms with E-state index in [-0.39, 0.29) is 7.83 Å². The van der Waals surface area contributed by atoms with E-state index in [1.807, 2.05) is 0 Å². The Morgan fingerprint density at radius 1 is 1.09 bits per heavy atom. The maximum atomic E-state index is 3.73. The van der Waals surface area contributed by atoms with Gasteiger partial charge in [0.25, 0.3) is 0 Å². The molecule has 8 heteroatoms. The third-order valence-corrected chi connectivity index (χ3v) is 121. The molecule has 1 aliphatic rings. The predicted molar refractivity (Wildman–Crippen MR) is 71.1 cm³/mol. The van der Waals surface area contributed by atoms with Crippen molar-refractivity contribution in [2.75, 3.05) is 14.1 Å². The summed E-state index contributed by atoms with van der Waals surface area (Å²) in [6.45, 7) is 2.70. The minimum absolute atomic E-state index is 0.151. The highest BCUT2D eigenvalue weighted by molar-refractivity contribution is 7.86. The largest absolute Gasteiger partial charge is 0.334 e. The van der Waals surface area contributed by atoms with Crippen LogP contribution in [-0.4, -0.2) is 63.6 Å². The van der Waals surface area contributed by atoms with Crippen LogP contribution in [0.4, 0.5) is 0 Å². The van der Waals surface area contributed by atoms with Crippen LogP contribution in [-0.2, 0) is 0 Å². The molecule has 1 rings (SSSR count). The summed E-state index contributed by atoms with van der Waals surface area (Å²) in [5.41, 5.74) is 0. The van der Waals surface area contributed by atoms with Crippen LogP contribution in [0.25, 0.3) is 0 Å². The molecule has 0 aromatic carbocycles. The Hall–Kier alpha value is 1.22. The molecular weight excluding hydrogens is 233 g/mol. The van der Waals surface area contributed by atoms with E-state index in [9.17, 15) is 0 Å². The molecule has 0 aromatic heterocycles. The Kier molecular flexibility index (Phi) is 4.17. The molecule has 0 saturated carbocycles. The summed E-state index contributed by atoms with van der Waals surface area (Å²) in [5, 5.41) is 0. The number of rotatable bonds is 2. The van der Waals surface area contributed by atoms with E-state index in [2.05, 4.69) is 30.6 Å². The molecule has 0 unspecified atom stereocenters. The van der Waals surface area contributed by atoms with E-state index in [0.29, 0.717) is 34.2 Å². The highest BCUT2D eigenvalue weighted by Crippen LogP contribution is 1.94. The fraction of sp³-hybridized carbons (Fsp3) is 1.00. The quantitative estimate of drug-likeness (QED) is 0.483. The second-order valence-corrected chi connectivity index (χ2v) is 59.2. The summed E-state index contributed by atoms with van der Waals surface area (Å²) in [6.07, 6.45) is 0. The van der Waals surface area contributed by atoms with Crippen molar-refractivity contribution in [3.8, 4) is 0 Å². The molecule has 2 nitrogen and oxygen atoms in total. The van der Waals surface area contributed by atoms with Crippen LogP contribution in [0.5, 0.6) is 0 Å². The third-order valence-electron chi connectivity index (χ3n) is 3.08. The molecule has 0 aromatic rings. The fourth-order valence-corrected chi connectivity index (χ4v) is 225. The maximum Gasteiger partial charge on any atom is 0.151 e. The SMILES string of the molecule is CN[Si]1(NC)[SiH2][SiH2][SiH](C)[SiH2][SiH2]1. The van der Waals surface area contributed by atoms with E-state index in [4.69, 9.17) is 0 Å². The summed E-state index contributed by atoms with van der Waals surface area (Å²) in [4.78, 5) is 7.46. The van der Waals surface area contributed by atoms with Crippen LogP contribution in [0.2, 0.25) is 6.55 Å². The molecule has 0 atom stereocenters. The average Bonchev–Trinajstić information content (AvgIpc) is 2.07. The summed E-state index contributed by atoms with van der Waals surface area (Å²) in [6, 6.07) is 0. The standard InChI is InChI=1S/C3H20N2Si6/c1-4-11(5-2)8-6-10(3)7-9-11/h4-5,10H,6-9H2,1-3H3. The zero-order chi connectivity index (χ0) is 8.32. The van der Waals surface area contributed by atoms with Gasteiger partial charge in [-0.3, -0.25) is 0 Å². The zero-order valence-electron chi connectivity index (χ0n) is 7.91. The van der Waals surface area contributed by atoms with Crippen LogP contribution in [0, 0.1) is 0 Å². The monoisotopic (exact) mass is 252 g/mol. The van der Waals surface area contributed by atoms with Gasteiger partial charge >= 0.3 is 0 Å². The lowest BCUT2D eigenvalue weighted by atomic mass is 11.6. The topological polar surface area (TPSA) is 24.1 Å². The van der Waals surface area contributed by atoms with Gasteiger partial charge < -0.3 is 9.96 Å². The first-order chi connectivity index (χ1) is 5.22. The molecule has 1 fully saturated rings. The molecule has 1 saturated heterocycles. The second-order valence-electron chi connectivity index (χ2n) is 3.76. The molecular formula is C3H20N2Si6. The Labute approximate surface area is 80.1 Å². The molecule has 0 radical (unpaired) electrons. The third kappa shape index (κ3) is 2.58. The van der Waals surface area contributed by atoms with Gasteiger partial charge in [0.1, 0.15) is 0 Å². The van der Waals surface area contributed by atoms with Gasteiger partial charge in [-0.15, -0.1) is 0 Å². The normalized spacial score (nSPS) is 39.0. The lowest BCUT2D eigenvalue weighted by Crippen LogP contribution is -2.77. The zero-order valence-corrected chi connectivity index (χ0v) is 15.7. The predicted octanol–water partition coefficient (Wildman–Crippen LogP) is -4.77. The van der Waals surface area contributed by atoms with Gasteiger partial charge in [-0.25, -0.2) is 0 Å². The van der Waals surface area contributed by atoms with Crippen molar-refractivity contribution in [2.45, 2.75) is 6.55 Å². The van der Waals surface area contributed by atoms with Crippen molar-refractivity contribution in [1.29, 1.82) is 0 Å². The molecule has 0 aliphatic carbocycles. The summed E-state index contributed by atoms with van der Waals surface area (Å²) < 4.78 is 0. The van der Waals surface area contributed by atoms with Crippen LogP contribution in [0.3, 0.4) is 0 Å². The average molecular weight is 253 g/mol. The molecule has 0 amide bonds. The molecule has 2 N–H and O–H groups in total. The summed E-state index contributed by atoms with van der Waals surface area (Å²) in [7, 11) is 6.09. The Balaban J connectivity index is 2.45. The Morgan fingerprint density at radius 2 is 1.55 bits per heavy atom. The summed E-state index contributed by atoms with van der Waals surface area (Å²) >= 11 is 0. The minimum atomic E-state index is -0.736. The van der Waals surface area contributed by atoms with Crippen molar-refractivity contribution >= 4 is 49.5 Å². The van der Waals surface area contributed by atoms with Gasteiger partial charge in [0.15, 0.2) is 7.43 Å². The Bertz CT molecular complexity index is 117. The Morgan fingerprint density at radius 3 is 1.91 bits per heavy atom. The van der Waals surface area contributed by atoms with Gasteiger partial charge in [-0.1, -0.05) is 6.55 Å². The van der Waals surface area contributed by atoms with E-state index in [1.165, 1.54) is 0 Å². The molecule has 1 heterocycles. The maximum absolute atomic E-state index is 3.73. The van der Waals surface area contributed by atoms with E-state index in [1.54, 1.807) is 0 Å². The van der Waals surface area contributed by atoms with Crippen molar-refractivity contribution < 1.29 is 0 Å². The van der Waals surface area contributed by atoms with Crippen molar-refractivity contribution in [2.24, 2.45) is 0 Å². The highest BCUT2D eigenvalue weighted by Gasteiger charge is 2.35. The van der Waals surface area contributed by atoms with Gasteiger partial charge in [0.05, 0.1) is 0 Å². The first-order valence-electron chi connectivity index (χ1n) is 4.60. The smallest absolute Gasteiger partial charge is 0.151 e. The van der Waals surface area contributed by atoms with Crippen LogP contribution in [0.1, 0.15) is 0 Å². The number of hydrogen-bond acceptors (Lipinski definition) is 2. The van der Waals surface area contributed by atoms with Gasteiger partial charge in [0, 0.05) is 24.9 Å². The van der Waals surface area contributed by atoms with Crippen molar-refractivity contribution in [3.05, 3.63) is 0 Å². The van der Waals surface area contributed by atoms with Crippen LogP contribution in [0.15, 0.2) is 0 Å². The second kappa shape index (κ2) is 4.46. The minimum Gasteiger partial charge on any atom is -0.334 e. The van der Waals surface area contributed by atoms with Gasteiger partial charge in [0.2, 0.25) is 0 Å². The fourth-order valence-electron chi connectivity index (χ4n) is 1.88. The number of hydrogen-bond donors (Lipinski definition) is 2. The molecule has 0 bridgehead atoms. The van der Waals surface area contributed by atoms with E-state index < -0.39 is 7.43 Å². The van der Waals surface area contributed by atoms with Gasteiger partial charge in [-0.05, 0) is 31.2 Å². The van der Waals surface area contributed by atoms with Gasteiger partial charge in [-0.2, -0.15) is 0 Å². The summed E-state index contributed by atoms with van der Waals surface area (Å²) in [5.74, 6) is 0.